The van der Waals surface area contributed by atoms with Crippen molar-refractivity contribution >= 4 is 5.96 Å². The highest BCUT2D eigenvalue weighted by atomic mass is 15.3. The fourth-order valence-corrected chi connectivity index (χ4v) is 2.35. The van der Waals surface area contributed by atoms with Gasteiger partial charge in [0.25, 0.3) is 0 Å². The maximum Gasteiger partial charge on any atom is 0.191 e. The summed E-state index contributed by atoms with van der Waals surface area (Å²) in [4.78, 5) is 4.68. The van der Waals surface area contributed by atoms with Crippen LogP contribution in [-0.4, -0.2) is 28.8 Å². The molecule has 0 unspecified atom stereocenters. The smallest absolute Gasteiger partial charge is 0.191 e. The van der Waals surface area contributed by atoms with E-state index in [1.54, 1.807) is 0 Å². The van der Waals surface area contributed by atoms with E-state index in [-0.39, 0.29) is 0 Å². The number of hydrogen-bond acceptors (Lipinski definition) is 2. The average Bonchev–Trinajstić information content (AvgIpc) is 3.18. The molecule has 2 N–H and O–H groups in total. The standard InChI is InChI=1S/C15H27N5/c1-5-16-15(17-9-8-13-6-7-13)18-10-14-11(2)19-20(4)12(14)3/h13H,5-10H2,1-4H3,(H2,16,17,18). The lowest BCUT2D eigenvalue weighted by molar-refractivity contribution is 0.685. The SMILES string of the molecule is CCNC(=NCc1c(C)nn(C)c1C)NCCC1CC1. The van der Waals surface area contributed by atoms with Crippen molar-refractivity contribution in [2.24, 2.45) is 18.0 Å². The Morgan fingerprint density at radius 1 is 1.35 bits per heavy atom. The van der Waals surface area contributed by atoms with Gasteiger partial charge in [0.15, 0.2) is 5.96 Å². The van der Waals surface area contributed by atoms with Crippen LogP contribution in [0.5, 0.6) is 0 Å². The van der Waals surface area contributed by atoms with Crippen LogP contribution in [0, 0.1) is 19.8 Å². The van der Waals surface area contributed by atoms with Gasteiger partial charge in [0.1, 0.15) is 0 Å². The van der Waals surface area contributed by atoms with Crippen molar-refractivity contribution in [2.45, 2.75) is 46.6 Å². The predicted molar refractivity (Wildman–Crippen MR) is 82.8 cm³/mol. The summed E-state index contributed by atoms with van der Waals surface area (Å²) in [5.74, 6) is 1.86. The summed E-state index contributed by atoms with van der Waals surface area (Å²) < 4.78 is 1.92. The van der Waals surface area contributed by atoms with Gasteiger partial charge in [-0.3, -0.25) is 4.68 Å². The van der Waals surface area contributed by atoms with Gasteiger partial charge in [-0.25, -0.2) is 4.99 Å². The van der Waals surface area contributed by atoms with Crippen LogP contribution < -0.4 is 10.6 Å². The Labute approximate surface area is 121 Å². The first-order chi connectivity index (χ1) is 9.61. The number of guanidine groups is 1. The van der Waals surface area contributed by atoms with E-state index in [0.717, 1.165) is 30.7 Å². The molecule has 20 heavy (non-hydrogen) atoms. The molecule has 1 fully saturated rings. The summed E-state index contributed by atoms with van der Waals surface area (Å²) in [6.07, 6.45) is 4.07. The molecular weight excluding hydrogens is 250 g/mol. The second-order valence-corrected chi connectivity index (χ2v) is 5.63. The van der Waals surface area contributed by atoms with Gasteiger partial charge in [-0.2, -0.15) is 5.10 Å². The zero-order chi connectivity index (χ0) is 14.5. The Morgan fingerprint density at radius 2 is 2.10 bits per heavy atom. The van der Waals surface area contributed by atoms with E-state index < -0.39 is 0 Å². The van der Waals surface area contributed by atoms with Crippen molar-refractivity contribution in [3.63, 3.8) is 0 Å². The normalized spacial score (nSPS) is 15.5. The molecule has 0 radical (unpaired) electrons. The summed E-state index contributed by atoms with van der Waals surface area (Å²) in [6, 6.07) is 0. The van der Waals surface area contributed by atoms with E-state index in [4.69, 9.17) is 0 Å². The average molecular weight is 277 g/mol. The Morgan fingerprint density at radius 3 is 2.65 bits per heavy atom. The van der Waals surface area contributed by atoms with Crippen molar-refractivity contribution < 1.29 is 0 Å². The van der Waals surface area contributed by atoms with Crippen LogP contribution in [0.3, 0.4) is 0 Å². The van der Waals surface area contributed by atoms with Crippen LogP contribution in [0.4, 0.5) is 0 Å². The van der Waals surface area contributed by atoms with Crippen LogP contribution in [0.2, 0.25) is 0 Å². The molecule has 0 bridgehead atoms. The van der Waals surface area contributed by atoms with E-state index >= 15 is 0 Å². The molecule has 1 aromatic heterocycles. The largest absolute Gasteiger partial charge is 0.357 e. The van der Waals surface area contributed by atoms with Crippen LogP contribution in [0.25, 0.3) is 0 Å². The summed E-state index contributed by atoms with van der Waals surface area (Å²) in [6.45, 7) is 8.83. The number of aliphatic imine (C=N–C) groups is 1. The van der Waals surface area contributed by atoms with Gasteiger partial charge in [-0.1, -0.05) is 12.8 Å². The zero-order valence-electron chi connectivity index (χ0n) is 13.2. The number of nitrogens with zero attached hydrogens (tertiary/aromatic N) is 3. The summed E-state index contributed by atoms with van der Waals surface area (Å²) in [5.41, 5.74) is 3.49. The van der Waals surface area contributed by atoms with Crippen molar-refractivity contribution in [1.29, 1.82) is 0 Å². The van der Waals surface area contributed by atoms with Crippen LogP contribution in [-0.2, 0) is 13.6 Å². The first-order valence-corrected chi connectivity index (χ1v) is 7.63. The minimum absolute atomic E-state index is 0.685. The van der Waals surface area contributed by atoms with Crippen LogP contribution in [0.15, 0.2) is 4.99 Å². The van der Waals surface area contributed by atoms with Crippen molar-refractivity contribution in [3.8, 4) is 0 Å². The van der Waals surface area contributed by atoms with Gasteiger partial charge in [0, 0.05) is 31.4 Å². The first kappa shape index (κ1) is 14.9. The quantitative estimate of drug-likeness (QED) is 0.617. The Kier molecular flexibility index (Phi) is 5.04. The van der Waals surface area contributed by atoms with Gasteiger partial charge < -0.3 is 10.6 Å². The lowest BCUT2D eigenvalue weighted by Gasteiger charge is -2.11. The van der Waals surface area contributed by atoms with E-state index in [1.807, 2.05) is 18.7 Å². The van der Waals surface area contributed by atoms with E-state index in [1.165, 1.54) is 30.5 Å². The first-order valence-electron chi connectivity index (χ1n) is 7.63. The van der Waals surface area contributed by atoms with Gasteiger partial charge in [-0.05, 0) is 33.1 Å². The fourth-order valence-electron chi connectivity index (χ4n) is 2.35. The van der Waals surface area contributed by atoms with Crippen molar-refractivity contribution in [1.82, 2.24) is 20.4 Å². The highest BCUT2D eigenvalue weighted by molar-refractivity contribution is 5.79. The monoisotopic (exact) mass is 277 g/mol. The highest BCUT2D eigenvalue weighted by Crippen LogP contribution is 2.31. The lowest BCUT2D eigenvalue weighted by Crippen LogP contribution is -2.37. The van der Waals surface area contributed by atoms with E-state index in [0.29, 0.717) is 6.54 Å². The van der Waals surface area contributed by atoms with E-state index in [2.05, 4.69) is 34.6 Å². The van der Waals surface area contributed by atoms with Gasteiger partial charge in [0.2, 0.25) is 0 Å². The Hall–Kier alpha value is -1.52. The summed E-state index contributed by atoms with van der Waals surface area (Å²) >= 11 is 0. The molecule has 1 heterocycles. The van der Waals surface area contributed by atoms with Gasteiger partial charge in [-0.15, -0.1) is 0 Å². The molecule has 0 amide bonds. The molecule has 2 rings (SSSR count). The Balaban J connectivity index is 1.92. The highest BCUT2D eigenvalue weighted by Gasteiger charge is 2.20. The minimum Gasteiger partial charge on any atom is -0.357 e. The summed E-state index contributed by atoms with van der Waals surface area (Å²) in [7, 11) is 1.98. The number of aryl methyl sites for hydroxylation is 2. The van der Waals surface area contributed by atoms with Crippen molar-refractivity contribution in [2.75, 3.05) is 13.1 Å². The van der Waals surface area contributed by atoms with Crippen LogP contribution >= 0.6 is 0 Å². The van der Waals surface area contributed by atoms with Gasteiger partial charge >= 0.3 is 0 Å². The molecule has 0 aliphatic heterocycles. The molecule has 1 aliphatic carbocycles. The fraction of sp³-hybridized carbons (Fsp3) is 0.733. The Bertz CT molecular complexity index is 471. The number of rotatable bonds is 6. The van der Waals surface area contributed by atoms with Gasteiger partial charge in [0.05, 0.1) is 12.2 Å². The minimum atomic E-state index is 0.685. The number of hydrogen-bond donors (Lipinski definition) is 2. The molecule has 5 heteroatoms. The molecule has 1 aromatic rings. The molecular formula is C15H27N5. The zero-order valence-corrected chi connectivity index (χ0v) is 13.2. The van der Waals surface area contributed by atoms with E-state index in [9.17, 15) is 0 Å². The summed E-state index contributed by atoms with van der Waals surface area (Å²) in [5, 5.41) is 11.2. The van der Waals surface area contributed by atoms with Crippen molar-refractivity contribution in [3.05, 3.63) is 17.0 Å². The molecule has 112 valence electrons. The second kappa shape index (κ2) is 6.77. The maximum atomic E-state index is 4.68. The third-order valence-electron chi connectivity index (χ3n) is 3.94. The molecule has 0 atom stereocenters. The third-order valence-corrected chi connectivity index (χ3v) is 3.94. The predicted octanol–water partition coefficient (Wildman–Crippen LogP) is 1.89. The molecule has 5 nitrogen and oxygen atoms in total. The maximum absolute atomic E-state index is 4.68. The lowest BCUT2D eigenvalue weighted by atomic mass is 10.2. The number of nitrogens with one attached hydrogen (secondary N) is 2. The second-order valence-electron chi connectivity index (χ2n) is 5.63. The molecule has 1 aliphatic rings. The van der Waals surface area contributed by atoms with Crippen LogP contribution in [0.1, 0.15) is 43.1 Å². The number of aromatic nitrogens is 2. The third kappa shape index (κ3) is 3.99. The molecule has 1 saturated carbocycles. The molecule has 0 spiro atoms. The molecule has 0 saturated heterocycles. The topological polar surface area (TPSA) is 54.2 Å². The molecule has 0 aromatic carbocycles.